The fourth-order valence-electron chi connectivity index (χ4n) is 2.63. The van der Waals surface area contributed by atoms with Crippen molar-refractivity contribution in [3.8, 4) is 0 Å². The number of fused-ring (bicyclic) bond motifs is 1. The predicted octanol–water partition coefficient (Wildman–Crippen LogP) is 2.17. The molecule has 0 atom stereocenters. The molecule has 2 aromatic rings. The van der Waals surface area contributed by atoms with Gasteiger partial charge in [-0.15, -0.1) is 12.4 Å². The highest BCUT2D eigenvalue weighted by atomic mass is 35.5. The summed E-state index contributed by atoms with van der Waals surface area (Å²) in [5.74, 6) is -4.43. The molecule has 24 heavy (non-hydrogen) atoms. The molecule has 0 aliphatic carbocycles. The second-order valence-corrected chi connectivity index (χ2v) is 5.49. The fourth-order valence-corrected chi connectivity index (χ4v) is 2.63. The van der Waals surface area contributed by atoms with E-state index in [0.29, 0.717) is 6.54 Å². The van der Waals surface area contributed by atoms with Gasteiger partial charge in [0.05, 0.1) is 0 Å². The molecule has 1 aliphatic heterocycles. The number of amides is 1. The number of carbonyl (C=O) groups excluding carboxylic acids is 1. The minimum absolute atomic E-state index is 0. The Bertz CT molecular complexity index is 742. The van der Waals surface area contributed by atoms with Gasteiger partial charge in [-0.2, -0.15) is 5.10 Å². The van der Waals surface area contributed by atoms with Gasteiger partial charge in [0.15, 0.2) is 23.1 Å². The highest BCUT2D eigenvalue weighted by Crippen LogP contribution is 2.19. The molecule has 1 amide bonds. The van der Waals surface area contributed by atoms with Gasteiger partial charge in [-0.25, -0.2) is 13.2 Å². The average molecular weight is 361 g/mol. The molecule has 0 unspecified atom stereocenters. The SMILES string of the molecule is CN(Cc1cc(F)c(F)c(F)c1)C(=O)c1n[nH]c2c1CNCC2.Cl. The molecule has 0 saturated carbocycles. The first-order valence-corrected chi connectivity index (χ1v) is 7.13. The number of hydrogen-bond donors (Lipinski definition) is 2. The lowest BCUT2D eigenvalue weighted by Gasteiger charge is -2.18. The largest absolute Gasteiger partial charge is 0.336 e. The number of hydrogen-bond acceptors (Lipinski definition) is 3. The molecular formula is C15H16ClF3N4O. The maximum absolute atomic E-state index is 13.2. The van der Waals surface area contributed by atoms with Crippen molar-refractivity contribution in [2.24, 2.45) is 0 Å². The van der Waals surface area contributed by atoms with Crippen molar-refractivity contribution in [1.29, 1.82) is 0 Å². The Kier molecular flexibility index (Phi) is 5.51. The van der Waals surface area contributed by atoms with Gasteiger partial charge in [0, 0.05) is 44.4 Å². The van der Waals surface area contributed by atoms with E-state index in [1.165, 1.54) is 11.9 Å². The first-order valence-electron chi connectivity index (χ1n) is 7.13. The Labute approximate surface area is 142 Å². The summed E-state index contributed by atoms with van der Waals surface area (Å²) in [5.41, 5.74) is 2.18. The van der Waals surface area contributed by atoms with Crippen LogP contribution in [0.3, 0.4) is 0 Å². The zero-order valence-electron chi connectivity index (χ0n) is 12.8. The Balaban J connectivity index is 0.00000208. The van der Waals surface area contributed by atoms with E-state index in [1.54, 1.807) is 0 Å². The van der Waals surface area contributed by atoms with E-state index in [4.69, 9.17) is 0 Å². The third-order valence-electron chi connectivity index (χ3n) is 3.82. The van der Waals surface area contributed by atoms with E-state index >= 15 is 0 Å². The van der Waals surface area contributed by atoms with Gasteiger partial charge in [-0.1, -0.05) is 0 Å². The third kappa shape index (κ3) is 3.39. The number of benzene rings is 1. The van der Waals surface area contributed by atoms with Crippen LogP contribution in [0.2, 0.25) is 0 Å². The van der Waals surface area contributed by atoms with Crippen LogP contribution < -0.4 is 5.32 Å². The summed E-state index contributed by atoms with van der Waals surface area (Å²) < 4.78 is 39.5. The molecule has 0 spiro atoms. The van der Waals surface area contributed by atoms with Crippen molar-refractivity contribution in [3.05, 3.63) is 52.1 Å². The Morgan fingerprint density at radius 2 is 1.96 bits per heavy atom. The second kappa shape index (κ2) is 7.23. The molecule has 0 bridgehead atoms. The average Bonchev–Trinajstić information content (AvgIpc) is 2.95. The quantitative estimate of drug-likeness (QED) is 0.825. The third-order valence-corrected chi connectivity index (χ3v) is 3.82. The number of H-pyrrole nitrogens is 1. The molecule has 2 heterocycles. The predicted molar refractivity (Wildman–Crippen MR) is 83.4 cm³/mol. The van der Waals surface area contributed by atoms with Gasteiger partial charge in [-0.3, -0.25) is 9.89 Å². The summed E-state index contributed by atoms with van der Waals surface area (Å²) in [5, 5.41) is 10.1. The summed E-state index contributed by atoms with van der Waals surface area (Å²) >= 11 is 0. The molecule has 1 aromatic heterocycles. The molecule has 0 fully saturated rings. The fraction of sp³-hybridized carbons (Fsp3) is 0.333. The molecule has 0 radical (unpaired) electrons. The lowest BCUT2D eigenvalue weighted by Crippen LogP contribution is -2.30. The summed E-state index contributed by atoms with van der Waals surface area (Å²) in [6.07, 6.45) is 0.758. The molecule has 9 heteroatoms. The number of rotatable bonds is 3. The summed E-state index contributed by atoms with van der Waals surface area (Å²) in [4.78, 5) is 13.8. The lowest BCUT2D eigenvalue weighted by atomic mass is 10.1. The molecule has 1 aliphatic rings. The van der Waals surface area contributed by atoms with Crippen LogP contribution in [0.5, 0.6) is 0 Å². The zero-order chi connectivity index (χ0) is 16.6. The normalized spacial score (nSPS) is 13.2. The highest BCUT2D eigenvalue weighted by molar-refractivity contribution is 5.93. The van der Waals surface area contributed by atoms with E-state index in [0.717, 1.165) is 36.4 Å². The highest BCUT2D eigenvalue weighted by Gasteiger charge is 2.24. The van der Waals surface area contributed by atoms with Crippen molar-refractivity contribution in [2.45, 2.75) is 19.5 Å². The number of aromatic nitrogens is 2. The number of carbonyl (C=O) groups is 1. The maximum Gasteiger partial charge on any atom is 0.274 e. The van der Waals surface area contributed by atoms with Crippen molar-refractivity contribution >= 4 is 18.3 Å². The van der Waals surface area contributed by atoms with E-state index < -0.39 is 17.5 Å². The minimum atomic E-state index is -1.52. The van der Waals surface area contributed by atoms with Crippen molar-refractivity contribution in [3.63, 3.8) is 0 Å². The van der Waals surface area contributed by atoms with Crippen LogP contribution in [0.1, 0.15) is 27.3 Å². The van der Waals surface area contributed by atoms with Crippen LogP contribution in [0.25, 0.3) is 0 Å². The molecular weight excluding hydrogens is 345 g/mol. The summed E-state index contributed by atoms with van der Waals surface area (Å²) in [6, 6.07) is 1.76. The van der Waals surface area contributed by atoms with Crippen LogP contribution >= 0.6 is 12.4 Å². The molecule has 0 saturated heterocycles. The maximum atomic E-state index is 13.2. The van der Waals surface area contributed by atoms with Gasteiger partial charge >= 0.3 is 0 Å². The molecule has 3 rings (SSSR count). The van der Waals surface area contributed by atoms with Crippen molar-refractivity contribution in [2.75, 3.05) is 13.6 Å². The van der Waals surface area contributed by atoms with Gasteiger partial charge in [0.2, 0.25) is 0 Å². The smallest absolute Gasteiger partial charge is 0.274 e. The number of nitrogens with one attached hydrogen (secondary N) is 2. The van der Waals surface area contributed by atoms with Crippen LogP contribution in [0.4, 0.5) is 13.2 Å². The second-order valence-electron chi connectivity index (χ2n) is 5.49. The molecule has 2 N–H and O–H groups in total. The number of aromatic amines is 1. The van der Waals surface area contributed by atoms with Crippen LogP contribution in [-0.4, -0.2) is 34.6 Å². The van der Waals surface area contributed by atoms with E-state index in [1.807, 2.05) is 0 Å². The van der Waals surface area contributed by atoms with Crippen LogP contribution in [0.15, 0.2) is 12.1 Å². The summed E-state index contributed by atoms with van der Waals surface area (Å²) in [7, 11) is 1.50. The van der Waals surface area contributed by atoms with Crippen LogP contribution in [-0.2, 0) is 19.5 Å². The van der Waals surface area contributed by atoms with E-state index in [2.05, 4.69) is 15.5 Å². The molecule has 5 nitrogen and oxygen atoms in total. The first kappa shape index (κ1) is 18.3. The van der Waals surface area contributed by atoms with Gasteiger partial charge in [0.1, 0.15) is 0 Å². The minimum Gasteiger partial charge on any atom is -0.336 e. The Hall–Kier alpha value is -2.06. The molecule has 1 aromatic carbocycles. The van der Waals surface area contributed by atoms with Gasteiger partial charge in [-0.05, 0) is 17.7 Å². The standard InChI is InChI=1S/C15H15F3N4O.ClH/c1-22(7-8-4-10(16)13(18)11(17)5-8)15(23)14-9-6-19-3-2-12(9)20-21-14;/h4-5,19H,2-3,6-7H2,1H3,(H,20,21);1H. The Morgan fingerprint density at radius 3 is 2.62 bits per heavy atom. The van der Waals surface area contributed by atoms with Crippen molar-refractivity contribution < 1.29 is 18.0 Å². The lowest BCUT2D eigenvalue weighted by molar-refractivity contribution is 0.0777. The first-order chi connectivity index (χ1) is 11.0. The van der Waals surface area contributed by atoms with Crippen molar-refractivity contribution in [1.82, 2.24) is 20.4 Å². The monoisotopic (exact) mass is 360 g/mol. The van der Waals surface area contributed by atoms with Gasteiger partial charge < -0.3 is 10.2 Å². The zero-order valence-corrected chi connectivity index (χ0v) is 13.6. The topological polar surface area (TPSA) is 61.0 Å². The Morgan fingerprint density at radius 1 is 1.29 bits per heavy atom. The van der Waals surface area contributed by atoms with E-state index in [-0.39, 0.29) is 36.1 Å². The number of halogens is 4. The van der Waals surface area contributed by atoms with Crippen LogP contribution in [0, 0.1) is 17.5 Å². The van der Waals surface area contributed by atoms with E-state index in [9.17, 15) is 18.0 Å². The molecule has 130 valence electrons. The summed E-state index contributed by atoms with van der Waals surface area (Å²) in [6.45, 7) is 1.30. The number of nitrogens with zero attached hydrogens (tertiary/aromatic N) is 2. The van der Waals surface area contributed by atoms with Gasteiger partial charge in [0.25, 0.3) is 5.91 Å².